The first-order chi connectivity index (χ1) is 9.61. The molecule has 0 aromatic heterocycles. The third-order valence-electron chi connectivity index (χ3n) is 3.91. The van der Waals surface area contributed by atoms with Gasteiger partial charge >= 0.3 is 0 Å². The van der Waals surface area contributed by atoms with Gasteiger partial charge in [0.15, 0.2) is 0 Å². The van der Waals surface area contributed by atoms with E-state index in [0.29, 0.717) is 0 Å². The Labute approximate surface area is 122 Å². The van der Waals surface area contributed by atoms with Crippen LogP contribution in [-0.4, -0.2) is 63.2 Å². The zero-order valence-corrected chi connectivity index (χ0v) is 12.8. The zero-order chi connectivity index (χ0) is 14.5. The third kappa shape index (κ3) is 3.50. The molecular formula is C16H24N4. The average molecular weight is 272 g/mol. The summed E-state index contributed by atoms with van der Waals surface area (Å²) in [5.41, 5.74) is 3.12. The van der Waals surface area contributed by atoms with Crippen LogP contribution in [0, 0.1) is 18.3 Å². The highest BCUT2D eigenvalue weighted by atomic mass is 15.3. The monoisotopic (exact) mass is 272 g/mol. The topological polar surface area (TPSA) is 33.5 Å². The van der Waals surface area contributed by atoms with Gasteiger partial charge in [-0.1, -0.05) is 12.1 Å². The molecule has 20 heavy (non-hydrogen) atoms. The van der Waals surface area contributed by atoms with Crippen molar-refractivity contribution >= 4 is 5.69 Å². The van der Waals surface area contributed by atoms with Gasteiger partial charge in [-0.15, -0.1) is 0 Å². The highest BCUT2D eigenvalue weighted by Gasteiger charge is 2.20. The van der Waals surface area contributed by atoms with E-state index in [1.165, 1.54) is 5.56 Å². The molecule has 1 aliphatic heterocycles. The van der Waals surface area contributed by atoms with E-state index in [2.05, 4.69) is 47.9 Å². The van der Waals surface area contributed by atoms with Crippen LogP contribution in [0.1, 0.15) is 11.1 Å². The number of piperazine rings is 1. The maximum atomic E-state index is 9.28. The van der Waals surface area contributed by atoms with Crippen molar-refractivity contribution < 1.29 is 0 Å². The van der Waals surface area contributed by atoms with Crippen LogP contribution >= 0.6 is 0 Å². The molecule has 0 saturated carbocycles. The molecule has 108 valence electrons. The molecule has 1 aliphatic rings. The van der Waals surface area contributed by atoms with E-state index < -0.39 is 0 Å². The molecule has 0 atom stereocenters. The number of likely N-dealkylation sites (N-methyl/N-ethyl adjacent to an activating group) is 1. The van der Waals surface area contributed by atoms with Crippen molar-refractivity contribution in [1.29, 1.82) is 5.26 Å². The van der Waals surface area contributed by atoms with Gasteiger partial charge in [0, 0.05) is 39.3 Å². The molecule has 0 N–H and O–H groups in total. The minimum absolute atomic E-state index is 0.798. The second-order valence-electron chi connectivity index (χ2n) is 5.71. The largest absolute Gasteiger partial charge is 0.368 e. The minimum atomic E-state index is 0.798. The number of hydrogen-bond donors (Lipinski definition) is 0. The standard InChI is InChI=1S/C16H24N4/c1-14-5-4-6-15(13-17)16(14)20-11-9-19(10-12-20)8-7-18(2)3/h4-6H,7-12H2,1-3H3. The second kappa shape index (κ2) is 6.74. The normalized spacial score (nSPS) is 16.4. The number of rotatable bonds is 4. The highest BCUT2D eigenvalue weighted by molar-refractivity contribution is 5.64. The predicted octanol–water partition coefficient (Wildman–Crippen LogP) is 1.55. The number of anilines is 1. The van der Waals surface area contributed by atoms with Gasteiger partial charge in [-0.2, -0.15) is 5.26 Å². The molecule has 1 saturated heterocycles. The van der Waals surface area contributed by atoms with Crippen LogP contribution in [0.5, 0.6) is 0 Å². The number of aryl methyl sites for hydroxylation is 1. The molecule has 0 aliphatic carbocycles. The first kappa shape index (κ1) is 14.8. The van der Waals surface area contributed by atoms with E-state index >= 15 is 0 Å². The van der Waals surface area contributed by atoms with Crippen molar-refractivity contribution in [3.8, 4) is 6.07 Å². The Kier molecular flexibility index (Phi) is 4.99. The van der Waals surface area contributed by atoms with Crippen LogP contribution in [0.3, 0.4) is 0 Å². The van der Waals surface area contributed by atoms with Crippen molar-refractivity contribution in [1.82, 2.24) is 9.80 Å². The fraction of sp³-hybridized carbons (Fsp3) is 0.562. The minimum Gasteiger partial charge on any atom is -0.368 e. The quantitative estimate of drug-likeness (QED) is 0.833. The van der Waals surface area contributed by atoms with Crippen LogP contribution in [-0.2, 0) is 0 Å². The molecule has 0 amide bonds. The number of nitrogens with zero attached hydrogens (tertiary/aromatic N) is 4. The van der Waals surface area contributed by atoms with E-state index in [4.69, 9.17) is 0 Å². The summed E-state index contributed by atoms with van der Waals surface area (Å²) in [5.74, 6) is 0. The molecule has 1 fully saturated rings. The van der Waals surface area contributed by atoms with Crippen LogP contribution in [0.25, 0.3) is 0 Å². The van der Waals surface area contributed by atoms with Crippen molar-refractivity contribution in [2.24, 2.45) is 0 Å². The van der Waals surface area contributed by atoms with Crippen LogP contribution in [0.4, 0.5) is 5.69 Å². The van der Waals surface area contributed by atoms with Gasteiger partial charge in [0.1, 0.15) is 6.07 Å². The number of benzene rings is 1. The smallest absolute Gasteiger partial charge is 0.101 e. The van der Waals surface area contributed by atoms with Crippen LogP contribution in [0.2, 0.25) is 0 Å². The number of nitriles is 1. The Bertz CT molecular complexity index is 482. The first-order valence-electron chi connectivity index (χ1n) is 7.23. The summed E-state index contributed by atoms with van der Waals surface area (Å²) in [6.07, 6.45) is 0. The molecule has 0 radical (unpaired) electrons. The van der Waals surface area contributed by atoms with E-state index in [1.54, 1.807) is 0 Å². The summed E-state index contributed by atoms with van der Waals surface area (Å²) in [7, 11) is 4.23. The van der Waals surface area contributed by atoms with Crippen molar-refractivity contribution in [3.63, 3.8) is 0 Å². The van der Waals surface area contributed by atoms with Gasteiger partial charge in [0.05, 0.1) is 11.3 Å². The summed E-state index contributed by atoms with van der Waals surface area (Å²) < 4.78 is 0. The Morgan fingerprint density at radius 1 is 1.20 bits per heavy atom. The lowest BCUT2D eigenvalue weighted by Crippen LogP contribution is -2.48. The summed E-state index contributed by atoms with van der Waals surface area (Å²) >= 11 is 0. The van der Waals surface area contributed by atoms with E-state index in [-0.39, 0.29) is 0 Å². The van der Waals surface area contributed by atoms with Crippen molar-refractivity contribution in [2.75, 3.05) is 58.3 Å². The van der Waals surface area contributed by atoms with E-state index in [1.807, 2.05) is 12.1 Å². The molecule has 4 nitrogen and oxygen atoms in total. The first-order valence-corrected chi connectivity index (χ1v) is 7.23. The lowest BCUT2D eigenvalue weighted by molar-refractivity contribution is 0.229. The average Bonchev–Trinajstić information content (AvgIpc) is 2.45. The van der Waals surface area contributed by atoms with Gasteiger partial charge in [-0.25, -0.2) is 0 Å². The van der Waals surface area contributed by atoms with Crippen molar-refractivity contribution in [3.05, 3.63) is 29.3 Å². The Morgan fingerprint density at radius 2 is 1.90 bits per heavy atom. The van der Waals surface area contributed by atoms with Gasteiger partial charge in [0.25, 0.3) is 0 Å². The third-order valence-corrected chi connectivity index (χ3v) is 3.91. The van der Waals surface area contributed by atoms with Gasteiger partial charge in [-0.05, 0) is 32.6 Å². The molecule has 0 bridgehead atoms. The molecule has 0 spiro atoms. The fourth-order valence-electron chi connectivity index (χ4n) is 2.71. The zero-order valence-electron chi connectivity index (χ0n) is 12.8. The molecule has 0 unspecified atom stereocenters. The van der Waals surface area contributed by atoms with Gasteiger partial charge in [-0.3, -0.25) is 4.90 Å². The molecule has 1 aromatic carbocycles. The second-order valence-corrected chi connectivity index (χ2v) is 5.71. The number of para-hydroxylation sites is 1. The highest BCUT2D eigenvalue weighted by Crippen LogP contribution is 2.25. The summed E-state index contributed by atoms with van der Waals surface area (Å²) in [5, 5.41) is 9.28. The Hall–Kier alpha value is -1.57. The maximum absolute atomic E-state index is 9.28. The summed E-state index contributed by atoms with van der Waals surface area (Å²) in [4.78, 5) is 7.09. The SMILES string of the molecule is Cc1cccc(C#N)c1N1CCN(CCN(C)C)CC1. The fourth-order valence-corrected chi connectivity index (χ4v) is 2.71. The summed E-state index contributed by atoms with van der Waals surface area (Å²) in [6, 6.07) is 8.30. The lowest BCUT2D eigenvalue weighted by Gasteiger charge is -2.37. The summed E-state index contributed by atoms with van der Waals surface area (Å²) in [6.45, 7) is 8.49. The molecule has 4 heteroatoms. The van der Waals surface area contributed by atoms with E-state index in [0.717, 1.165) is 50.5 Å². The molecular weight excluding hydrogens is 248 g/mol. The van der Waals surface area contributed by atoms with E-state index in [9.17, 15) is 5.26 Å². The van der Waals surface area contributed by atoms with Crippen molar-refractivity contribution in [2.45, 2.75) is 6.92 Å². The maximum Gasteiger partial charge on any atom is 0.101 e. The number of hydrogen-bond acceptors (Lipinski definition) is 4. The molecule has 1 aromatic rings. The van der Waals surface area contributed by atoms with Crippen LogP contribution < -0.4 is 4.90 Å². The van der Waals surface area contributed by atoms with Crippen LogP contribution in [0.15, 0.2) is 18.2 Å². The van der Waals surface area contributed by atoms with Gasteiger partial charge in [0.2, 0.25) is 0 Å². The lowest BCUT2D eigenvalue weighted by atomic mass is 10.1. The predicted molar refractivity (Wildman–Crippen MR) is 83.1 cm³/mol. The van der Waals surface area contributed by atoms with Gasteiger partial charge < -0.3 is 9.80 Å². The Morgan fingerprint density at radius 3 is 2.50 bits per heavy atom. The molecule has 1 heterocycles. The Balaban J connectivity index is 1.99. The molecule has 2 rings (SSSR count).